The van der Waals surface area contributed by atoms with Crippen molar-refractivity contribution >= 4 is 21.6 Å². The van der Waals surface area contributed by atoms with Crippen LogP contribution in [0.15, 0.2) is 47.4 Å². The monoisotopic (exact) mass is 384 g/mol. The first-order valence-electron chi connectivity index (χ1n) is 9.44. The Balaban J connectivity index is 1.81. The molecule has 6 heteroatoms. The molecule has 1 aliphatic carbocycles. The van der Waals surface area contributed by atoms with Crippen LogP contribution in [0.25, 0.3) is 0 Å². The maximum absolute atomic E-state index is 13.5. The van der Waals surface area contributed by atoms with Crippen molar-refractivity contribution in [3.8, 4) is 0 Å². The number of amides is 1. The van der Waals surface area contributed by atoms with Gasteiger partial charge < -0.3 is 5.73 Å². The summed E-state index contributed by atoms with van der Waals surface area (Å²) in [4.78, 5) is 12.2. The zero-order valence-corrected chi connectivity index (χ0v) is 16.2. The summed E-state index contributed by atoms with van der Waals surface area (Å²) in [7, 11) is -3.73. The van der Waals surface area contributed by atoms with E-state index in [1.807, 2.05) is 25.1 Å². The second-order valence-corrected chi connectivity index (χ2v) is 9.35. The molecule has 1 amide bonds. The van der Waals surface area contributed by atoms with Crippen LogP contribution in [-0.4, -0.2) is 20.4 Å². The van der Waals surface area contributed by atoms with Crippen LogP contribution in [-0.2, 0) is 27.7 Å². The SMILES string of the molecule is C[C@H]1C[C@H](C(N)=O)c2ccccc2N1S(=O)(=O)c1ccc2c(c1)CCCC2. The zero-order valence-electron chi connectivity index (χ0n) is 15.4. The number of hydrogen-bond acceptors (Lipinski definition) is 3. The number of nitrogens with two attached hydrogens (primary N) is 1. The molecule has 2 aliphatic rings. The quantitative estimate of drug-likeness (QED) is 0.883. The van der Waals surface area contributed by atoms with Crippen LogP contribution < -0.4 is 10.0 Å². The second-order valence-electron chi connectivity index (χ2n) is 7.54. The average Bonchev–Trinajstić information content (AvgIpc) is 2.66. The molecular weight excluding hydrogens is 360 g/mol. The lowest BCUT2D eigenvalue weighted by Gasteiger charge is -2.39. The largest absolute Gasteiger partial charge is 0.369 e. The molecule has 27 heavy (non-hydrogen) atoms. The van der Waals surface area contributed by atoms with Crippen molar-refractivity contribution in [2.24, 2.45) is 5.73 Å². The van der Waals surface area contributed by atoms with Gasteiger partial charge in [-0.05, 0) is 73.9 Å². The van der Waals surface area contributed by atoms with E-state index >= 15 is 0 Å². The Morgan fingerprint density at radius 1 is 1.07 bits per heavy atom. The minimum Gasteiger partial charge on any atom is -0.369 e. The van der Waals surface area contributed by atoms with Gasteiger partial charge in [0.25, 0.3) is 10.0 Å². The Labute approximate surface area is 160 Å². The van der Waals surface area contributed by atoms with Crippen LogP contribution in [0.4, 0.5) is 5.69 Å². The number of rotatable bonds is 3. The Morgan fingerprint density at radius 3 is 2.52 bits per heavy atom. The minimum absolute atomic E-state index is 0.322. The van der Waals surface area contributed by atoms with E-state index in [1.54, 1.807) is 24.3 Å². The Hall–Kier alpha value is -2.34. The van der Waals surface area contributed by atoms with E-state index in [0.29, 0.717) is 22.6 Å². The third-order valence-electron chi connectivity index (χ3n) is 5.75. The summed E-state index contributed by atoms with van der Waals surface area (Å²) >= 11 is 0. The summed E-state index contributed by atoms with van der Waals surface area (Å²) < 4.78 is 28.5. The first-order valence-corrected chi connectivity index (χ1v) is 10.9. The van der Waals surface area contributed by atoms with E-state index in [-0.39, 0.29) is 6.04 Å². The molecule has 4 rings (SSSR count). The lowest BCUT2D eigenvalue weighted by Crippen LogP contribution is -2.45. The number of fused-ring (bicyclic) bond motifs is 2. The van der Waals surface area contributed by atoms with Crippen LogP contribution in [0, 0.1) is 0 Å². The van der Waals surface area contributed by atoms with Crippen molar-refractivity contribution in [2.45, 2.75) is 55.9 Å². The van der Waals surface area contributed by atoms with Crippen molar-refractivity contribution in [3.63, 3.8) is 0 Å². The molecule has 0 saturated heterocycles. The third-order valence-corrected chi connectivity index (χ3v) is 7.67. The number of para-hydroxylation sites is 1. The minimum atomic E-state index is -3.73. The average molecular weight is 385 g/mol. The molecule has 2 atom stereocenters. The van der Waals surface area contributed by atoms with Gasteiger partial charge in [0.05, 0.1) is 16.5 Å². The normalized spacial score (nSPS) is 22.0. The van der Waals surface area contributed by atoms with E-state index < -0.39 is 21.8 Å². The number of carbonyl (C=O) groups is 1. The molecule has 5 nitrogen and oxygen atoms in total. The van der Waals surface area contributed by atoms with Crippen molar-refractivity contribution in [1.82, 2.24) is 0 Å². The van der Waals surface area contributed by atoms with E-state index in [9.17, 15) is 13.2 Å². The van der Waals surface area contributed by atoms with Crippen molar-refractivity contribution in [3.05, 3.63) is 59.2 Å². The molecule has 0 radical (unpaired) electrons. The summed E-state index contributed by atoms with van der Waals surface area (Å²) in [6, 6.07) is 12.3. The van der Waals surface area contributed by atoms with Crippen LogP contribution in [0.5, 0.6) is 0 Å². The third kappa shape index (κ3) is 3.02. The molecule has 0 bridgehead atoms. The van der Waals surface area contributed by atoms with E-state index in [1.165, 1.54) is 9.87 Å². The summed E-state index contributed by atoms with van der Waals surface area (Å²) in [5.74, 6) is -0.883. The number of sulfonamides is 1. The summed E-state index contributed by atoms with van der Waals surface area (Å²) in [6.07, 6.45) is 4.58. The molecular formula is C21H24N2O3S. The molecule has 0 unspecified atom stereocenters. The van der Waals surface area contributed by atoms with Crippen LogP contribution >= 0.6 is 0 Å². The van der Waals surface area contributed by atoms with Gasteiger partial charge in [-0.15, -0.1) is 0 Å². The topological polar surface area (TPSA) is 80.5 Å². The number of primary amides is 1. The zero-order chi connectivity index (χ0) is 19.2. The first-order chi connectivity index (χ1) is 12.9. The van der Waals surface area contributed by atoms with Crippen LogP contribution in [0.2, 0.25) is 0 Å². The molecule has 0 aromatic heterocycles. The highest BCUT2D eigenvalue weighted by Gasteiger charge is 2.39. The lowest BCUT2D eigenvalue weighted by atomic mass is 9.87. The highest BCUT2D eigenvalue weighted by atomic mass is 32.2. The molecule has 0 fully saturated rings. The highest BCUT2D eigenvalue weighted by molar-refractivity contribution is 7.92. The number of carbonyl (C=O) groups excluding carboxylic acids is 1. The predicted molar refractivity (Wildman–Crippen MR) is 105 cm³/mol. The van der Waals surface area contributed by atoms with Crippen LogP contribution in [0.1, 0.15) is 48.8 Å². The molecule has 142 valence electrons. The smallest absolute Gasteiger partial charge is 0.264 e. The fourth-order valence-electron chi connectivity index (χ4n) is 4.40. The highest BCUT2D eigenvalue weighted by Crippen LogP contribution is 2.41. The number of hydrogen-bond donors (Lipinski definition) is 1. The van der Waals surface area contributed by atoms with Crippen molar-refractivity contribution in [1.29, 1.82) is 0 Å². The predicted octanol–water partition coefficient (Wildman–Crippen LogP) is 3.12. The summed E-state index contributed by atoms with van der Waals surface area (Å²) in [6.45, 7) is 1.84. The molecule has 0 spiro atoms. The maximum atomic E-state index is 13.5. The van der Waals surface area contributed by atoms with Gasteiger partial charge in [0.2, 0.25) is 5.91 Å². The Morgan fingerprint density at radius 2 is 1.78 bits per heavy atom. The molecule has 2 aromatic rings. The summed E-state index contributed by atoms with van der Waals surface area (Å²) in [5.41, 5.74) is 9.20. The Bertz CT molecular complexity index is 1000. The molecule has 2 N–H and O–H groups in total. The Kier molecular flexibility index (Phi) is 4.46. The van der Waals surface area contributed by atoms with Gasteiger partial charge in [0.15, 0.2) is 0 Å². The molecule has 1 heterocycles. The standard InChI is InChI=1S/C21H24N2O3S/c1-14-12-19(21(22)24)18-8-4-5-9-20(18)23(14)27(25,26)17-11-10-15-6-2-3-7-16(15)13-17/h4-5,8-11,13-14,19H,2-3,6-7,12H2,1H3,(H2,22,24)/t14-,19-/m0/s1. The second kappa shape index (κ2) is 6.68. The van der Waals surface area contributed by atoms with Gasteiger partial charge in [0.1, 0.15) is 0 Å². The fraction of sp³-hybridized carbons (Fsp3) is 0.381. The molecule has 2 aromatic carbocycles. The maximum Gasteiger partial charge on any atom is 0.264 e. The van der Waals surface area contributed by atoms with E-state index in [4.69, 9.17) is 5.73 Å². The molecule has 1 aliphatic heterocycles. The lowest BCUT2D eigenvalue weighted by molar-refractivity contribution is -0.119. The number of benzene rings is 2. The molecule has 0 saturated carbocycles. The van der Waals surface area contributed by atoms with Gasteiger partial charge in [-0.3, -0.25) is 9.10 Å². The van der Waals surface area contributed by atoms with E-state index in [0.717, 1.165) is 31.2 Å². The van der Waals surface area contributed by atoms with Crippen molar-refractivity contribution < 1.29 is 13.2 Å². The number of anilines is 1. The van der Waals surface area contributed by atoms with Crippen LogP contribution in [0.3, 0.4) is 0 Å². The van der Waals surface area contributed by atoms with E-state index in [2.05, 4.69) is 0 Å². The van der Waals surface area contributed by atoms with Gasteiger partial charge >= 0.3 is 0 Å². The van der Waals surface area contributed by atoms with Crippen molar-refractivity contribution in [2.75, 3.05) is 4.31 Å². The van der Waals surface area contributed by atoms with Gasteiger partial charge in [-0.1, -0.05) is 24.3 Å². The van der Waals surface area contributed by atoms with Gasteiger partial charge in [0, 0.05) is 6.04 Å². The van der Waals surface area contributed by atoms with Gasteiger partial charge in [-0.25, -0.2) is 8.42 Å². The fourth-order valence-corrected chi connectivity index (χ4v) is 6.15. The van der Waals surface area contributed by atoms with Gasteiger partial charge in [-0.2, -0.15) is 0 Å². The summed E-state index contributed by atoms with van der Waals surface area (Å²) in [5, 5.41) is 0. The number of nitrogens with zero attached hydrogens (tertiary/aromatic N) is 1. The number of aryl methyl sites for hydroxylation is 2. The first kappa shape index (κ1) is 18.0.